The summed E-state index contributed by atoms with van der Waals surface area (Å²) in [6, 6.07) is 2.21. The number of nitriles is 1. The molecular weight excluding hydrogens is 190 g/mol. The lowest BCUT2D eigenvalue weighted by Gasteiger charge is -2.13. The summed E-state index contributed by atoms with van der Waals surface area (Å²) in [6.07, 6.45) is 3.36. The van der Waals surface area contributed by atoms with Gasteiger partial charge < -0.3 is 11.1 Å². The third kappa shape index (κ3) is 7.95. The molecule has 86 valence electrons. The van der Waals surface area contributed by atoms with E-state index in [0.29, 0.717) is 12.8 Å². The van der Waals surface area contributed by atoms with Gasteiger partial charge in [0.1, 0.15) is 0 Å². The summed E-state index contributed by atoms with van der Waals surface area (Å²) in [5, 5.41) is 11.4. The third-order valence-corrected chi connectivity index (χ3v) is 2.26. The van der Waals surface area contributed by atoms with Crippen LogP contribution in [0.25, 0.3) is 0 Å². The maximum atomic E-state index is 11.4. The zero-order chi connectivity index (χ0) is 11.7. The van der Waals surface area contributed by atoms with E-state index in [4.69, 9.17) is 11.0 Å². The highest BCUT2D eigenvalue weighted by Gasteiger charge is 2.09. The van der Waals surface area contributed by atoms with Gasteiger partial charge in [-0.2, -0.15) is 5.26 Å². The van der Waals surface area contributed by atoms with Gasteiger partial charge in [0.15, 0.2) is 0 Å². The van der Waals surface area contributed by atoms with Gasteiger partial charge in [-0.3, -0.25) is 4.79 Å². The van der Waals surface area contributed by atoms with Gasteiger partial charge in [0, 0.05) is 18.5 Å². The van der Waals surface area contributed by atoms with Crippen LogP contribution < -0.4 is 11.1 Å². The van der Waals surface area contributed by atoms with Crippen LogP contribution in [0, 0.1) is 11.3 Å². The lowest BCUT2D eigenvalue weighted by atomic mass is 10.1. The Morgan fingerprint density at radius 3 is 2.73 bits per heavy atom. The first-order valence-electron chi connectivity index (χ1n) is 5.52. The van der Waals surface area contributed by atoms with Gasteiger partial charge in [0.25, 0.3) is 0 Å². The minimum Gasteiger partial charge on any atom is -0.352 e. The van der Waals surface area contributed by atoms with E-state index in [1.54, 1.807) is 0 Å². The number of amides is 1. The molecule has 1 amide bonds. The van der Waals surface area contributed by atoms with E-state index in [2.05, 4.69) is 11.4 Å². The number of hydrogen-bond acceptors (Lipinski definition) is 3. The fraction of sp³-hybridized carbons (Fsp3) is 0.818. The molecule has 4 nitrogen and oxygen atoms in total. The van der Waals surface area contributed by atoms with Gasteiger partial charge in [-0.15, -0.1) is 0 Å². The SMILES string of the molecule is CCC(CC#N)NC(=O)CCCC(C)N. The first-order chi connectivity index (χ1) is 7.10. The van der Waals surface area contributed by atoms with E-state index >= 15 is 0 Å². The van der Waals surface area contributed by atoms with E-state index in [-0.39, 0.29) is 18.0 Å². The number of rotatable bonds is 7. The van der Waals surface area contributed by atoms with E-state index in [1.807, 2.05) is 13.8 Å². The van der Waals surface area contributed by atoms with Crippen LogP contribution in [0.3, 0.4) is 0 Å². The van der Waals surface area contributed by atoms with Crippen molar-refractivity contribution in [2.45, 2.75) is 58.0 Å². The molecule has 2 unspecified atom stereocenters. The zero-order valence-electron chi connectivity index (χ0n) is 9.62. The summed E-state index contributed by atoms with van der Waals surface area (Å²) >= 11 is 0. The van der Waals surface area contributed by atoms with Crippen LogP contribution in [0.1, 0.15) is 46.0 Å². The van der Waals surface area contributed by atoms with Gasteiger partial charge in [0.2, 0.25) is 5.91 Å². The Labute approximate surface area is 91.8 Å². The molecule has 0 saturated heterocycles. The Bertz CT molecular complexity index is 220. The molecule has 0 aliphatic heterocycles. The van der Waals surface area contributed by atoms with Crippen molar-refractivity contribution >= 4 is 5.91 Å². The summed E-state index contributed by atoms with van der Waals surface area (Å²) in [5.41, 5.74) is 5.58. The molecule has 0 fully saturated rings. The Balaban J connectivity index is 3.67. The van der Waals surface area contributed by atoms with Crippen LogP contribution in [0.5, 0.6) is 0 Å². The van der Waals surface area contributed by atoms with Gasteiger partial charge in [0.05, 0.1) is 12.5 Å². The fourth-order valence-electron chi connectivity index (χ4n) is 1.29. The highest BCUT2D eigenvalue weighted by molar-refractivity contribution is 5.76. The summed E-state index contributed by atoms with van der Waals surface area (Å²) in [5.74, 6) is 0.0257. The van der Waals surface area contributed by atoms with Gasteiger partial charge >= 0.3 is 0 Å². The van der Waals surface area contributed by atoms with Crippen LogP contribution in [-0.4, -0.2) is 18.0 Å². The molecule has 15 heavy (non-hydrogen) atoms. The van der Waals surface area contributed by atoms with Crippen LogP contribution in [0.2, 0.25) is 0 Å². The van der Waals surface area contributed by atoms with E-state index in [9.17, 15) is 4.79 Å². The molecule has 4 heteroatoms. The third-order valence-electron chi connectivity index (χ3n) is 2.26. The minimum atomic E-state index is -0.00204. The average Bonchev–Trinajstić information content (AvgIpc) is 2.16. The van der Waals surface area contributed by atoms with Crippen LogP contribution in [0.15, 0.2) is 0 Å². The molecular formula is C11H21N3O. The quantitative estimate of drug-likeness (QED) is 0.666. The molecule has 0 heterocycles. The van der Waals surface area contributed by atoms with E-state index in [0.717, 1.165) is 19.3 Å². The molecule has 3 N–H and O–H groups in total. The van der Waals surface area contributed by atoms with E-state index in [1.165, 1.54) is 0 Å². The molecule has 0 radical (unpaired) electrons. The molecule has 0 aromatic rings. The lowest BCUT2D eigenvalue weighted by Crippen LogP contribution is -2.34. The number of nitrogens with zero attached hydrogens (tertiary/aromatic N) is 1. The van der Waals surface area contributed by atoms with Crippen molar-refractivity contribution < 1.29 is 4.79 Å². The molecule has 2 atom stereocenters. The summed E-state index contributed by atoms with van der Waals surface area (Å²) in [4.78, 5) is 11.4. The van der Waals surface area contributed by atoms with Crippen molar-refractivity contribution in [1.29, 1.82) is 5.26 Å². The number of hydrogen-bond donors (Lipinski definition) is 2. The predicted octanol–water partition coefficient (Wildman–Crippen LogP) is 1.31. The molecule has 0 bridgehead atoms. The number of carbonyl (C=O) groups excluding carboxylic acids is 1. The molecule has 0 spiro atoms. The second-order valence-electron chi connectivity index (χ2n) is 3.90. The maximum absolute atomic E-state index is 11.4. The van der Waals surface area contributed by atoms with Crippen LogP contribution in [0.4, 0.5) is 0 Å². The summed E-state index contributed by atoms with van der Waals surface area (Å²) in [6.45, 7) is 3.90. The first-order valence-corrected chi connectivity index (χ1v) is 5.52. The largest absolute Gasteiger partial charge is 0.352 e. The monoisotopic (exact) mass is 211 g/mol. The van der Waals surface area contributed by atoms with Gasteiger partial charge in [-0.05, 0) is 26.2 Å². The van der Waals surface area contributed by atoms with Crippen molar-refractivity contribution in [3.8, 4) is 6.07 Å². The van der Waals surface area contributed by atoms with Crippen molar-refractivity contribution in [1.82, 2.24) is 5.32 Å². The molecule has 0 saturated carbocycles. The normalized spacial score (nSPS) is 14.0. The second kappa shape index (κ2) is 8.25. The highest BCUT2D eigenvalue weighted by Crippen LogP contribution is 2.01. The Hall–Kier alpha value is -1.08. The fourth-order valence-corrected chi connectivity index (χ4v) is 1.29. The minimum absolute atomic E-state index is 0.00204. The predicted molar refractivity (Wildman–Crippen MR) is 60.0 cm³/mol. The van der Waals surface area contributed by atoms with Crippen LogP contribution >= 0.6 is 0 Å². The number of carbonyl (C=O) groups is 1. The zero-order valence-corrected chi connectivity index (χ0v) is 9.62. The Morgan fingerprint density at radius 2 is 2.27 bits per heavy atom. The second-order valence-corrected chi connectivity index (χ2v) is 3.90. The maximum Gasteiger partial charge on any atom is 0.220 e. The van der Waals surface area contributed by atoms with Gasteiger partial charge in [-0.1, -0.05) is 6.92 Å². The van der Waals surface area contributed by atoms with Crippen molar-refractivity contribution in [2.75, 3.05) is 0 Å². The van der Waals surface area contributed by atoms with Crippen molar-refractivity contribution in [3.63, 3.8) is 0 Å². The topological polar surface area (TPSA) is 78.9 Å². The average molecular weight is 211 g/mol. The molecule has 0 aliphatic rings. The van der Waals surface area contributed by atoms with E-state index < -0.39 is 0 Å². The molecule has 0 aromatic heterocycles. The molecule has 0 aromatic carbocycles. The standard InChI is InChI=1S/C11H21N3O/c1-3-10(7-8-12)14-11(15)6-4-5-9(2)13/h9-10H,3-7,13H2,1-2H3,(H,14,15). The van der Waals surface area contributed by atoms with Crippen LogP contribution in [-0.2, 0) is 4.79 Å². The number of nitrogens with two attached hydrogens (primary N) is 1. The summed E-state index contributed by atoms with van der Waals surface area (Å²) in [7, 11) is 0. The summed E-state index contributed by atoms with van der Waals surface area (Å²) < 4.78 is 0. The Morgan fingerprint density at radius 1 is 1.60 bits per heavy atom. The Kier molecular flexibility index (Phi) is 7.65. The first kappa shape index (κ1) is 13.9. The molecule has 0 rings (SSSR count). The van der Waals surface area contributed by atoms with Gasteiger partial charge in [-0.25, -0.2) is 0 Å². The number of nitrogens with one attached hydrogen (secondary N) is 1. The van der Waals surface area contributed by atoms with Crippen molar-refractivity contribution in [3.05, 3.63) is 0 Å². The smallest absolute Gasteiger partial charge is 0.220 e. The lowest BCUT2D eigenvalue weighted by molar-refractivity contribution is -0.121. The van der Waals surface area contributed by atoms with Crippen molar-refractivity contribution in [2.24, 2.45) is 5.73 Å². The molecule has 0 aliphatic carbocycles. The highest BCUT2D eigenvalue weighted by atomic mass is 16.1.